The van der Waals surface area contributed by atoms with Gasteiger partial charge >= 0.3 is 5.97 Å². The van der Waals surface area contributed by atoms with Crippen molar-refractivity contribution in [3.8, 4) is 22.6 Å². The number of H-pyrrole nitrogens is 1. The summed E-state index contributed by atoms with van der Waals surface area (Å²) < 4.78 is 10.3. The van der Waals surface area contributed by atoms with Gasteiger partial charge in [0.05, 0.1) is 14.2 Å². The lowest BCUT2D eigenvalue weighted by molar-refractivity contribution is 0.0692. The van der Waals surface area contributed by atoms with E-state index >= 15 is 0 Å². The molecule has 0 saturated heterocycles. The second-order valence-corrected chi connectivity index (χ2v) is 3.64. The molecule has 1 aromatic heterocycles. The van der Waals surface area contributed by atoms with Gasteiger partial charge in [-0.2, -0.15) is 0 Å². The summed E-state index contributed by atoms with van der Waals surface area (Å²) in [6, 6.07) is 6.99. The zero-order valence-corrected chi connectivity index (χ0v) is 10.1. The molecule has 2 aromatic rings. The summed E-state index contributed by atoms with van der Waals surface area (Å²) >= 11 is 0. The second-order valence-electron chi connectivity index (χ2n) is 3.64. The van der Waals surface area contributed by atoms with Gasteiger partial charge in [0.1, 0.15) is 5.69 Å². The van der Waals surface area contributed by atoms with Crippen molar-refractivity contribution >= 4 is 5.97 Å². The number of hydrogen-bond acceptors (Lipinski definition) is 3. The number of carboxylic acids is 1. The average molecular weight is 247 g/mol. The van der Waals surface area contributed by atoms with Crippen molar-refractivity contribution in [3.63, 3.8) is 0 Å². The van der Waals surface area contributed by atoms with Crippen molar-refractivity contribution in [3.05, 3.63) is 36.2 Å². The van der Waals surface area contributed by atoms with Crippen molar-refractivity contribution in [2.45, 2.75) is 0 Å². The number of carbonyl (C=O) groups is 1. The number of ether oxygens (including phenoxy) is 2. The van der Waals surface area contributed by atoms with Crippen molar-refractivity contribution < 1.29 is 19.4 Å². The Morgan fingerprint density at radius 2 is 1.89 bits per heavy atom. The fourth-order valence-corrected chi connectivity index (χ4v) is 1.79. The molecule has 0 aliphatic heterocycles. The molecule has 0 aliphatic rings. The number of nitrogens with one attached hydrogen (secondary N) is 1. The van der Waals surface area contributed by atoms with Crippen molar-refractivity contribution in [1.29, 1.82) is 0 Å². The topological polar surface area (TPSA) is 71.6 Å². The molecular formula is C13H13NO4. The molecule has 5 nitrogen and oxygen atoms in total. The largest absolute Gasteiger partial charge is 0.493 e. The number of benzene rings is 1. The highest BCUT2D eigenvalue weighted by atomic mass is 16.5. The van der Waals surface area contributed by atoms with E-state index in [9.17, 15) is 4.79 Å². The fraction of sp³-hybridized carbons (Fsp3) is 0.154. The van der Waals surface area contributed by atoms with E-state index in [0.717, 1.165) is 5.56 Å². The van der Waals surface area contributed by atoms with Gasteiger partial charge in [-0.3, -0.25) is 0 Å². The molecule has 18 heavy (non-hydrogen) atoms. The third-order valence-electron chi connectivity index (χ3n) is 2.66. The number of aromatic amines is 1. The lowest BCUT2D eigenvalue weighted by Gasteiger charge is -2.09. The molecule has 0 unspecified atom stereocenters. The van der Waals surface area contributed by atoms with Gasteiger partial charge < -0.3 is 19.6 Å². The lowest BCUT2D eigenvalue weighted by atomic mass is 10.1. The predicted octanol–water partition coefficient (Wildman–Crippen LogP) is 2.40. The smallest absolute Gasteiger partial charge is 0.352 e. The van der Waals surface area contributed by atoms with Gasteiger partial charge in [0.15, 0.2) is 11.5 Å². The Balaban J connectivity index is 2.51. The molecule has 2 rings (SSSR count). The van der Waals surface area contributed by atoms with E-state index in [4.69, 9.17) is 14.6 Å². The molecule has 0 radical (unpaired) electrons. The highest BCUT2D eigenvalue weighted by Crippen LogP contribution is 2.33. The maximum Gasteiger partial charge on any atom is 0.352 e. The van der Waals surface area contributed by atoms with Gasteiger partial charge in [0.25, 0.3) is 0 Å². The van der Waals surface area contributed by atoms with Crippen LogP contribution in [0.15, 0.2) is 30.5 Å². The summed E-state index contributed by atoms with van der Waals surface area (Å²) in [7, 11) is 3.09. The first-order valence-electron chi connectivity index (χ1n) is 5.30. The van der Waals surface area contributed by atoms with Crippen LogP contribution in [0.2, 0.25) is 0 Å². The molecule has 0 spiro atoms. The third kappa shape index (κ3) is 2.02. The Morgan fingerprint density at radius 1 is 1.17 bits per heavy atom. The average Bonchev–Trinajstić information content (AvgIpc) is 2.87. The summed E-state index contributed by atoms with van der Waals surface area (Å²) in [5, 5.41) is 9.06. The minimum absolute atomic E-state index is 0.155. The van der Waals surface area contributed by atoms with Crippen LogP contribution in [0.1, 0.15) is 10.5 Å². The van der Waals surface area contributed by atoms with Gasteiger partial charge in [0.2, 0.25) is 0 Å². The third-order valence-corrected chi connectivity index (χ3v) is 2.66. The van der Waals surface area contributed by atoms with E-state index < -0.39 is 5.97 Å². The molecule has 0 atom stereocenters. The van der Waals surface area contributed by atoms with Crippen LogP contribution < -0.4 is 9.47 Å². The number of hydrogen-bond donors (Lipinski definition) is 2. The Bertz CT molecular complexity index is 574. The lowest BCUT2D eigenvalue weighted by Crippen LogP contribution is -1.99. The maximum atomic E-state index is 11.0. The Morgan fingerprint density at radius 3 is 2.50 bits per heavy atom. The van der Waals surface area contributed by atoms with Crippen molar-refractivity contribution in [2.24, 2.45) is 0 Å². The van der Waals surface area contributed by atoms with E-state index in [-0.39, 0.29) is 5.69 Å². The van der Waals surface area contributed by atoms with Crippen LogP contribution >= 0.6 is 0 Å². The number of aromatic carboxylic acids is 1. The number of carboxylic acid groups (broad SMARTS) is 1. The van der Waals surface area contributed by atoms with Crippen LogP contribution in [0, 0.1) is 0 Å². The summed E-state index contributed by atoms with van der Waals surface area (Å²) in [5.74, 6) is 0.172. The molecule has 0 aliphatic carbocycles. The monoisotopic (exact) mass is 247 g/mol. The summed E-state index contributed by atoms with van der Waals surface area (Å²) in [6.45, 7) is 0. The normalized spacial score (nSPS) is 10.1. The minimum Gasteiger partial charge on any atom is -0.493 e. The SMILES string of the molecule is COc1ccc(-c2cc[nH]c2C(=O)O)cc1OC. The molecule has 0 amide bonds. The van der Waals surface area contributed by atoms with Crippen molar-refractivity contribution in [1.82, 2.24) is 4.98 Å². The summed E-state index contributed by atoms with van der Waals surface area (Å²) in [4.78, 5) is 13.7. The Hall–Kier alpha value is -2.43. The van der Waals surface area contributed by atoms with Crippen LogP contribution in [-0.4, -0.2) is 30.3 Å². The molecule has 0 fully saturated rings. The molecule has 5 heteroatoms. The fourth-order valence-electron chi connectivity index (χ4n) is 1.79. The Labute approximate surface area is 104 Å². The molecule has 0 bridgehead atoms. The maximum absolute atomic E-state index is 11.0. The summed E-state index contributed by atoms with van der Waals surface area (Å²) in [5.41, 5.74) is 1.52. The first-order valence-corrected chi connectivity index (χ1v) is 5.30. The van der Waals surface area contributed by atoms with E-state index in [1.165, 1.54) is 7.11 Å². The van der Waals surface area contributed by atoms with E-state index in [1.807, 2.05) is 0 Å². The minimum atomic E-state index is -0.996. The zero-order chi connectivity index (χ0) is 13.1. The molecule has 1 aromatic carbocycles. The molecule has 94 valence electrons. The first-order chi connectivity index (χ1) is 8.67. The van der Waals surface area contributed by atoms with Gasteiger partial charge in [-0.25, -0.2) is 4.79 Å². The molecule has 0 saturated carbocycles. The van der Waals surface area contributed by atoms with E-state index in [0.29, 0.717) is 17.1 Å². The van der Waals surface area contributed by atoms with E-state index in [2.05, 4.69) is 4.98 Å². The van der Waals surface area contributed by atoms with E-state index in [1.54, 1.807) is 37.6 Å². The van der Waals surface area contributed by atoms with Crippen LogP contribution in [0.4, 0.5) is 0 Å². The number of rotatable bonds is 4. The van der Waals surface area contributed by atoms with Gasteiger partial charge in [-0.15, -0.1) is 0 Å². The van der Waals surface area contributed by atoms with Crippen LogP contribution in [0.25, 0.3) is 11.1 Å². The second kappa shape index (κ2) is 4.83. The predicted molar refractivity (Wildman–Crippen MR) is 66.3 cm³/mol. The van der Waals surface area contributed by atoms with Crippen LogP contribution in [-0.2, 0) is 0 Å². The quantitative estimate of drug-likeness (QED) is 0.870. The zero-order valence-electron chi connectivity index (χ0n) is 10.1. The van der Waals surface area contributed by atoms with Crippen LogP contribution in [0.5, 0.6) is 11.5 Å². The molecular weight excluding hydrogens is 234 g/mol. The number of methoxy groups -OCH3 is 2. The molecule has 1 heterocycles. The van der Waals surface area contributed by atoms with Gasteiger partial charge in [0, 0.05) is 11.8 Å². The van der Waals surface area contributed by atoms with Crippen molar-refractivity contribution in [2.75, 3.05) is 14.2 Å². The first kappa shape index (κ1) is 12.0. The highest BCUT2D eigenvalue weighted by Gasteiger charge is 2.14. The van der Waals surface area contributed by atoms with Crippen LogP contribution in [0.3, 0.4) is 0 Å². The highest BCUT2D eigenvalue weighted by molar-refractivity contribution is 5.94. The summed E-state index contributed by atoms with van der Waals surface area (Å²) in [6.07, 6.45) is 1.59. The van der Waals surface area contributed by atoms with Gasteiger partial charge in [-0.1, -0.05) is 6.07 Å². The Kier molecular flexibility index (Phi) is 3.23. The van der Waals surface area contributed by atoms with Gasteiger partial charge in [-0.05, 0) is 23.8 Å². The number of aromatic nitrogens is 1. The standard InChI is InChI=1S/C13H13NO4/c1-17-10-4-3-8(7-11(10)18-2)9-5-6-14-12(9)13(15)16/h3-7,14H,1-2H3,(H,15,16). The molecule has 2 N–H and O–H groups in total.